The Hall–Kier alpha value is -1.92. The average molecular weight is 1120 g/mol. The second kappa shape index (κ2) is 69.6. The fourth-order valence-electron chi connectivity index (χ4n) is 11.4. The molecule has 2 unspecified atom stereocenters. The first-order valence-corrected chi connectivity index (χ1v) is 36.2. The van der Waals surface area contributed by atoms with Gasteiger partial charge in [-0.05, 0) is 83.5 Å². The number of unbranched alkanes of at least 4 members (excludes halogenated alkanes) is 51. The van der Waals surface area contributed by atoms with Gasteiger partial charge in [-0.15, -0.1) is 0 Å². The third-order valence-corrected chi connectivity index (χ3v) is 16.9. The molecule has 0 aromatic heterocycles. The summed E-state index contributed by atoms with van der Waals surface area (Å²) < 4.78 is 5.49. The van der Waals surface area contributed by atoms with Crippen molar-refractivity contribution in [2.45, 2.75) is 411 Å². The highest BCUT2D eigenvalue weighted by molar-refractivity contribution is 5.76. The zero-order valence-corrected chi connectivity index (χ0v) is 54.1. The van der Waals surface area contributed by atoms with Crippen molar-refractivity contribution in [3.05, 3.63) is 36.5 Å². The van der Waals surface area contributed by atoms with Gasteiger partial charge in [-0.1, -0.05) is 339 Å². The molecular formula is C74H141NO5. The highest BCUT2D eigenvalue weighted by Crippen LogP contribution is 2.19. The summed E-state index contributed by atoms with van der Waals surface area (Å²) in [4.78, 5) is 24.6. The van der Waals surface area contributed by atoms with Crippen molar-refractivity contribution in [1.29, 1.82) is 0 Å². The Kier molecular flexibility index (Phi) is 67.9. The Balaban J connectivity index is 3.37. The molecule has 0 fully saturated rings. The molecule has 3 N–H and O–H groups in total. The van der Waals surface area contributed by atoms with Crippen LogP contribution >= 0.6 is 0 Å². The van der Waals surface area contributed by atoms with Gasteiger partial charge in [0, 0.05) is 12.8 Å². The summed E-state index contributed by atoms with van der Waals surface area (Å²) in [7, 11) is 0. The Morgan fingerprint density at radius 2 is 0.625 bits per heavy atom. The summed E-state index contributed by atoms with van der Waals surface area (Å²) in [6.07, 6.45) is 89.1. The number of nitrogens with one attached hydrogen (secondary N) is 1. The smallest absolute Gasteiger partial charge is 0.305 e. The van der Waals surface area contributed by atoms with Gasteiger partial charge >= 0.3 is 5.97 Å². The number of aliphatic hydroxyl groups excluding tert-OH is 2. The molecule has 0 aromatic carbocycles. The maximum absolute atomic E-state index is 12.5. The molecule has 80 heavy (non-hydrogen) atoms. The molecule has 0 aliphatic rings. The third kappa shape index (κ3) is 65.2. The van der Waals surface area contributed by atoms with Crippen molar-refractivity contribution in [3.8, 4) is 0 Å². The first-order valence-electron chi connectivity index (χ1n) is 36.2. The van der Waals surface area contributed by atoms with E-state index in [1.165, 1.54) is 315 Å². The van der Waals surface area contributed by atoms with E-state index >= 15 is 0 Å². The van der Waals surface area contributed by atoms with Crippen LogP contribution in [0, 0.1) is 0 Å². The predicted molar refractivity (Wildman–Crippen MR) is 352 cm³/mol. The van der Waals surface area contributed by atoms with Gasteiger partial charge in [0.05, 0.1) is 25.4 Å². The number of amides is 1. The monoisotopic (exact) mass is 1120 g/mol. The van der Waals surface area contributed by atoms with Crippen LogP contribution in [0.25, 0.3) is 0 Å². The average Bonchev–Trinajstić information content (AvgIpc) is 3.46. The molecule has 0 aliphatic carbocycles. The lowest BCUT2D eigenvalue weighted by Gasteiger charge is -2.22. The maximum atomic E-state index is 12.5. The van der Waals surface area contributed by atoms with Crippen LogP contribution in [-0.2, 0) is 14.3 Å². The Morgan fingerprint density at radius 1 is 0.350 bits per heavy atom. The van der Waals surface area contributed by atoms with Crippen LogP contribution in [0.5, 0.6) is 0 Å². The lowest BCUT2D eigenvalue weighted by molar-refractivity contribution is -0.143. The molecule has 0 radical (unpaired) electrons. The molecule has 0 saturated heterocycles. The Bertz CT molecular complexity index is 1300. The second-order valence-electron chi connectivity index (χ2n) is 24.9. The molecule has 0 bridgehead atoms. The summed E-state index contributed by atoms with van der Waals surface area (Å²) in [5.74, 6) is -0.0272. The van der Waals surface area contributed by atoms with E-state index in [1.807, 2.05) is 0 Å². The fraction of sp³-hybridized carbons (Fsp3) is 0.892. The summed E-state index contributed by atoms with van der Waals surface area (Å²) in [5.41, 5.74) is 0. The number of carbonyl (C=O) groups is 2. The van der Waals surface area contributed by atoms with E-state index in [1.54, 1.807) is 0 Å². The number of rotatable bonds is 68. The van der Waals surface area contributed by atoms with Gasteiger partial charge < -0.3 is 20.3 Å². The molecule has 0 aromatic rings. The SMILES string of the molecule is CCCCCC/C=C\C/C=C\CCCCCCCC(=O)OCCCCCCCCCCCCCC/C=C\CCCCCCCCCCCCCCCC(=O)NC(CO)C(O)CCCCCCCCCCCCCCCCCCCC. The maximum Gasteiger partial charge on any atom is 0.305 e. The van der Waals surface area contributed by atoms with Gasteiger partial charge in [0.2, 0.25) is 5.91 Å². The van der Waals surface area contributed by atoms with E-state index in [4.69, 9.17) is 4.74 Å². The van der Waals surface area contributed by atoms with Crippen LogP contribution < -0.4 is 5.32 Å². The lowest BCUT2D eigenvalue weighted by Crippen LogP contribution is -2.45. The van der Waals surface area contributed by atoms with Crippen molar-refractivity contribution < 1.29 is 24.5 Å². The fourth-order valence-corrected chi connectivity index (χ4v) is 11.4. The van der Waals surface area contributed by atoms with Gasteiger partial charge in [0.25, 0.3) is 0 Å². The van der Waals surface area contributed by atoms with Crippen LogP contribution in [0.1, 0.15) is 399 Å². The minimum atomic E-state index is -0.664. The molecule has 0 saturated carbocycles. The number of hydrogen-bond acceptors (Lipinski definition) is 5. The summed E-state index contributed by atoms with van der Waals surface area (Å²) in [5, 5.41) is 23.4. The number of carbonyl (C=O) groups excluding carboxylic acids is 2. The van der Waals surface area contributed by atoms with Crippen LogP contribution in [0.2, 0.25) is 0 Å². The van der Waals surface area contributed by atoms with E-state index in [2.05, 4.69) is 55.6 Å². The lowest BCUT2D eigenvalue weighted by atomic mass is 10.0. The molecule has 472 valence electrons. The van der Waals surface area contributed by atoms with Crippen molar-refractivity contribution in [2.75, 3.05) is 13.2 Å². The summed E-state index contributed by atoms with van der Waals surface area (Å²) in [6, 6.07) is -0.542. The highest BCUT2D eigenvalue weighted by atomic mass is 16.5. The number of esters is 1. The molecule has 1 amide bonds. The molecule has 0 spiro atoms. The van der Waals surface area contributed by atoms with Crippen LogP contribution in [0.3, 0.4) is 0 Å². The predicted octanol–water partition coefficient (Wildman–Crippen LogP) is 23.5. The first-order chi connectivity index (χ1) is 39.5. The van der Waals surface area contributed by atoms with E-state index in [-0.39, 0.29) is 18.5 Å². The molecular weight excluding hydrogens is 983 g/mol. The van der Waals surface area contributed by atoms with Crippen molar-refractivity contribution in [2.24, 2.45) is 0 Å². The van der Waals surface area contributed by atoms with Crippen molar-refractivity contribution in [3.63, 3.8) is 0 Å². The van der Waals surface area contributed by atoms with E-state index in [9.17, 15) is 19.8 Å². The molecule has 6 nitrogen and oxygen atoms in total. The number of hydrogen-bond donors (Lipinski definition) is 3. The van der Waals surface area contributed by atoms with Crippen molar-refractivity contribution >= 4 is 11.9 Å². The highest BCUT2D eigenvalue weighted by Gasteiger charge is 2.20. The minimum Gasteiger partial charge on any atom is -0.466 e. The van der Waals surface area contributed by atoms with Gasteiger partial charge in [0.1, 0.15) is 0 Å². The number of allylic oxidation sites excluding steroid dienone is 6. The number of aliphatic hydroxyl groups is 2. The standard InChI is InChI=1S/C74H141NO5/c1-3-5-7-9-11-13-15-17-19-21-35-38-42-46-50-54-58-62-66-72(77)71(70-76)75-73(78)67-63-59-55-51-47-43-39-36-33-31-29-27-25-23-22-24-26-28-30-32-34-37-41-45-49-53-57-61-65-69-80-74(79)68-64-60-56-52-48-44-40-20-18-16-14-12-10-8-6-4-2/h14,16,20,22,24,40,71-72,76-77H,3-13,15,17-19,21,23,25-39,41-70H2,1-2H3,(H,75,78)/b16-14-,24-22-,40-20-. The zero-order valence-electron chi connectivity index (χ0n) is 54.1. The molecule has 6 heteroatoms. The molecule has 2 atom stereocenters. The zero-order chi connectivity index (χ0) is 57.8. The Morgan fingerprint density at radius 3 is 0.975 bits per heavy atom. The summed E-state index contributed by atoms with van der Waals surface area (Å²) in [6.45, 7) is 4.96. The van der Waals surface area contributed by atoms with E-state index in [0.717, 1.165) is 51.4 Å². The van der Waals surface area contributed by atoms with Gasteiger partial charge in [-0.25, -0.2) is 0 Å². The molecule has 0 rings (SSSR count). The first kappa shape index (κ1) is 78.1. The van der Waals surface area contributed by atoms with E-state index < -0.39 is 12.1 Å². The van der Waals surface area contributed by atoms with Crippen LogP contribution in [0.15, 0.2) is 36.5 Å². The minimum absolute atomic E-state index is 0.00351. The van der Waals surface area contributed by atoms with Crippen LogP contribution in [0.4, 0.5) is 0 Å². The quantitative estimate of drug-likeness (QED) is 0.0320. The Labute approximate surface area is 500 Å². The van der Waals surface area contributed by atoms with Gasteiger partial charge in [-0.2, -0.15) is 0 Å². The molecule has 0 aliphatic heterocycles. The second-order valence-corrected chi connectivity index (χ2v) is 24.9. The largest absolute Gasteiger partial charge is 0.466 e. The van der Waals surface area contributed by atoms with Gasteiger partial charge in [0.15, 0.2) is 0 Å². The third-order valence-electron chi connectivity index (χ3n) is 16.9. The molecule has 0 heterocycles. The normalized spacial score (nSPS) is 12.7. The summed E-state index contributed by atoms with van der Waals surface area (Å²) >= 11 is 0. The van der Waals surface area contributed by atoms with Crippen molar-refractivity contribution in [1.82, 2.24) is 5.32 Å². The van der Waals surface area contributed by atoms with E-state index in [0.29, 0.717) is 25.9 Å². The topological polar surface area (TPSA) is 95.9 Å². The number of ether oxygens (including phenoxy) is 1. The van der Waals surface area contributed by atoms with Crippen LogP contribution in [-0.4, -0.2) is 47.4 Å². The van der Waals surface area contributed by atoms with Gasteiger partial charge in [-0.3, -0.25) is 9.59 Å².